The van der Waals surface area contributed by atoms with Crippen molar-refractivity contribution in [3.63, 3.8) is 0 Å². The van der Waals surface area contributed by atoms with Gasteiger partial charge in [-0.15, -0.1) is 10.2 Å². The van der Waals surface area contributed by atoms with Gasteiger partial charge in [-0.2, -0.15) is 5.10 Å². The Morgan fingerprint density at radius 1 is 1.44 bits per heavy atom. The number of carbonyl (C=O) groups is 1. The zero-order chi connectivity index (χ0) is 13.1. The van der Waals surface area contributed by atoms with Gasteiger partial charge < -0.3 is 9.64 Å². The molecule has 0 spiro atoms. The van der Waals surface area contributed by atoms with E-state index in [1.165, 1.54) is 7.11 Å². The Morgan fingerprint density at radius 2 is 2.22 bits per heavy atom. The highest BCUT2D eigenvalue weighted by Crippen LogP contribution is 2.11. The lowest BCUT2D eigenvalue weighted by molar-refractivity contribution is 0.0591. The van der Waals surface area contributed by atoms with E-state index < -0.39 is 5.97 Å². The minimum absolute atomic E-state index is 0.131. The van der Waals surface area contributed by atoms with E-state index in [9.17, 15) is 4.79 Å². The first-order valence-electron chi connectivity index (χ1n) is 5.27. The van der Waals surface area contributed by atoms with Gasteiger partial charge in [-0.05, 0) is 6.08 Å². The maximum atomic E-state index is 11.6. The summed E-state index contributed by atoms with van der Waals surface area (Å²) in [6.07, 6.45) is 5.13. The third kappa shape index (κ3) is 2.15. The average molecular weight is 247 g/mol. The third-order valence-corrected chi connectivity index (χ3v) is 2.26. The van der Waals surface area contributed by atoms with Gasteiger partial charge in [0.1, 0.15) is 5.69 Å². The molecule has 0 N–H and O–H groups in total. The fourth-order valence-electron chi connectivity index (χ4n) is 1.42. The van der Waals surface area contributed by atoms with Crippen molar-refractivity contribution in [1.82, 2.24) is 24.7 Å². The SMILES string of the molecule is COC(=O)c1nnc2ccnn2c1C=CN(C)C. The molecule has 0 aliphatic carbocycles. The third-order valence-electron chi connectivity index (χ3n) is 2.26. The van der Waals surface area contributed by atoms with Crippen molar-refractivity contribution in [3.8, 4) is 0 Å². The summed E-state index contributed by atoms with van der Waals surface area (Å²) in [6, 6.07) is 1.71. The molecular formula is C11H13N5O2. The number of aromatic nitrogens is 4. The lowest BCUT2D eigenvalue weighted by atomic mass is 10.3. The molecule has 18 heavy (non-hydrogen) atoms. The van der Waals surface area contributed by atoms with E-state index in [0.29, 0.717) is 11.3 Å². The molecule has 0 amide bonds. The van der Waals surface area contributed by atoms with Crippen LogP contribution in [0.5, 0.6) is 0 Å². The monoisotopic (exact) mass is 247 g/mol. The molecule has 0 unspecified atom stereocenters. The molecule has 7 nitrogen and oxygen atoms in total. The summed E-state index contributed by atoms with van der Waals surface area (Å²) in [4.78, 5) is 13.5. The van der Waals surface area contributed by atoms with Crippen LogP contribution in [0.1, 0.15) is 16.2 Å². The van der Waals surface area contributed by atoms with Gasteiger partial charge >= 0.3 is 5.97 Å². The topological polar surface area (TPSA) is 72.6 Å². The summed E-state index contributed by atoms with van der Waals surface area (Å²) < 4.78 is 6.22. The molecule has 7 heteroatoms. The van der Waals surface area contributed by atoms with Crippen LogP contribution >= 0.6 is 0 Å². The van der Waals surface area contributed by atoms with E-state index in [4.69, 9.17) is 0 Å². The van der Waals surface area contributed by atoms with E-state index in [1.807, 2.05) is 19.0 Å². The molecule has 0 saturated heterocycles. The van der Waals surface area contributed by atoms with Crippen LogP contribution < -0.4 is 0 Å². The molecule has 2 heterocycles. The van der Waals surface area contributed by atoms with Gasteiger partial charge in [0.15, 0.2) is 11.3 Å². The van der Waals surface area contributed by atoms with Gasteiger partial charge in [0, 0.05) is 26.4 Å². The standard InChI is InChI=1S/C11H13N5O2/c1-15(2)7-5-8-10(11(17)18-3)14-13-9-4-6-12-16(8)9/h4-7H,1-3H3. The number of methoxy groups -OCH3 is 1. The normalized spacial score (nSPS) is 11.1. The molecule has 0 saturated carbocycles. The van der Waals surface area contributed by atoms with Crippen LogP contribution in [0.4, 0.5) is 0 Å². The molecule has 2 aromatic heterocycles. The molecule has 0 radical (unpaired) electrons. The van der Waals surface area contributed by atoms with E-state index in [0.717, 1.165) is 0 Å². The van der Waals surface area contributed by atoms with Gasteiger partial charge in [0.25, 0.3) is 0 Å². The molecular weight excluding hydrogens is 234 g/mol. The number of esters is 1. The first-order chi connectivity index (χ1) is 8.63. The van der Waals surface area contributed by atoms with E-state index in [-0.39, 0.29) is 5.69 Å². The lowest BCUT2D eigenvalue weighted by Gasteiger charge is -2.07. The number of fused-ring (bicyclic) bond motifs is 1. The van der Waals surface area contributed by atoms with Crippen LogP contribution in [0, 0.1) is 0 Å². The number of ether oxygens (including phenoxy) is 1. The van der Waals surface area contributed by atoms with Crippen LogP contribution in [0.3, 0.4) is 0 Å². The van der Waals surface area contributed by atoms with Crippen molar-refractivity contribution >= 4 is 17.7 Å². The second-order valence-electron chi connectivity index (χ2n) is 3.81. The average Bonchev–Trinajstić information content (AvgIpc) is 2.83. The smallest absolute Gasteiger partial charge is 0.360 e. The molecule has 0 aliphatic rings. The molecule has 94 valence electrons. The Morgan fingerprint density at radius 3 is 2.89 bits per heavy atom. The zero-order valence-corrected chi connectivity index (χ0v) is 10.4. The number of rotatable bonds is 3. The van der Waals surface area contributed by atoms with Gasteiger partial charge in [-0.25, -0.2) is 9.31 Å². The van der Waals surface area contributed by atoms with Crippen molar-refractivity contribution in [2.24, 2.45) is 0 Å². The lowest BCUT2D eigenvalue weighted by Crippen LogP contribution is -2.13. The maximum Gasteiger partial charge on any atom is 0.360 e. The zero-order valence-electron chi connectivity index (χ0n) is 10.4. The Labute approximate surface area is 104 Å². The highest BCUT2D eigenvalue weighted by atomic mass is 16.5. The molecule has 0 aliphatic heterocycles. The van der Waals surface area contributed by atoms with Crippen LogP contribution in [-0.4, -0.2) is 51.9 Å². The van der Waals surface area contributed by atoms with Crippen LogP contribution in [-0.2, 0) is 4.74 Å². The number of hydrogen-bond donors (Lipinski definition) is 0. The Bertz CT molecular complexity index is 602. The molecule has 0 fully saturated rings. The first-order valence-corrected chi connectivity index (χ1v) is 5.27. The minimum atomic E-state index is -0.543. The molecule has 0 atom stereocenters. The Hall–Kier alpha value is -2.44. The van der Waals surface area contributed by atoms with E-state index in [1.54, 1.807) is 29.1 Å². The predicted molar refractivity (Wildman–Crippen MR) is 64.8 cm³/mol. The quantitative estimate of drug-likeness (QED) is 0.733. The fourth-order valence-corrected chi connectivity index (χ4v) is 1.42. The van der Waals surface area contributed by atoms with Crippen molar-refractivity contribution in [3.05, 3.63) is 29.9 Å². The van der Waals surface area contributed by atoms with Gasteiger partial charge in [0.2, 0.25) is 0 Å². The summed E-state index contributed by atoms with van der Waals surface area (Å²) in [6.45, 7) is 0. The molecule has 0 aromatic carbocycles. The Kier molecular flexibility index (Phi) is 3.22. The van der Waals surface area contributed by atoms with Crippen molar-refractivity contribution in [2.45, 2.75) is 0 Å². The fraction of sp³-hybridized carbons (Fsp3) is 0.273. The van der Waals surface area contributed by atoms with Gasteiger partial charge in [-0.1, -0.05) is 0 Å². The summed E-state index contributed by atoms with van der Waals surface area (Å²) in [5.74, 6) is -0.543. The summed E-state index contributed by atoms with van der Waals surface area (Å²) >= 11 is 0. The largest absolute Gasteiger partial charge is 0.464 e. The highest BCUT2D eigenvalue weighted by Gasteiger charge is 2.16. The van der Waals surface area contributed by atoms with Gasteiger partial charge in [-0.3, -0.25) is 0 Å². The van der Waals surface area contributed by atoms with E-state index >= 15 is 0 Å². The number of nitrogens with zero attached hydrogens (tertiary/aromatic N) is 5. The van der Waals surface area contributed by atoms with Crippen LogP contribution in [0.2, 0.25) is 0 Å². The second-order valence-corrected chi connectivity index (χ2v) is 3.81. The van der Waals surface area contributed by atoms with Crippen molar-refractivity contribution in [1.29, 1.82) is 0 Å². The minimum Gasteiger partial charge on any atom is -0.464 e. The van der Waals surface area contributed by atoms with Crippen LogP contribution in [0.15, 0.2) is 18.5 Å². The van der Waals surface area contributed by atoms with Crippen LogP contribution in [0.25, 0.3) is 11.7 Å². The van der Waals surface area contributed by atoms with Gasteiger partial charge in [0.05, 0.1) is 13.3 Å². The summed E-state index contributed by atoms with van der Waals surface area (Å²) in [7, 11) is 5.06. The second kappa shape index (κ2) is 4.82. The summed E-state index contributed by atoms with van der Waals surface area (Å²) in [5.41, 5.74) is 1.23. The number of carbonyl (C=O) groups excluding carboxylic acids is 1. The van der Waals surface area contributed by atoms with Crippen molar-refractivity contribution < 1.29 is 9.53 Å². The maximum absolute atomic E-state index is 11.6. The Balaban J connectivity index is 2.62. The van der Waals surface area contributed by atoms with E-state index in [2.05, 4.69) is 20.0 Å². The molecule has 2 rings (SSSR count). The molecule has 2 aromatic rings. The summed E-state index contributed by atoms with van der Waals surface area (Å²) in [5, 5.41) is 11.9. The number of hydrogen-bond acceptors (Lipinski definition) is 6. The van der Waals surface area contributed by atoms with Crippen molar-refractivity contribution in [2.75, 3.05) is 21.2 Å². The first kappa shape index (κ1) is 12.0. The predicted octanol–water partition coefficient (Wildman–Crippen LogP) is 0.443. The molecule has 0 bridgehead atoms. The highest BCUT2D eigenvalue weighted by molar-refractivity contribution is 5.90.